The highest BCUT2D eigenvalue weighted by Gasteiger charge is 2.34. The van der Waals surface area contributed by atoms with Crippen LogP contribution in [-0.2, 0) is 9.59 Å². The first kappa shape index (κ1) is 14.3. The largest absolute Gasteiger partial charge is 0.300 e. The maximum absolute atomic E-state index is 11.0. The lowest BCUT2D eigenvalue weighted by Gasteiger charge is -2.13. The smallest absolute Gasteiger partial charge is 0.136 e. The van der Waals surface area contributed by atoms with Crippen LogP contribution in [0.5, 0.6) is 0 Å². The van der Waals surface area contributed by atoms with E-state index in [0.717, 1.165) is 25.7 Å². The van der Waals surface area contributed by atoms with Crippen molar-refractivity contribution in [2.24, 2.45) is 11.3 Å². The van der Waals surface area contributed by atoms with Crippen LogP contribution in [-0.4, -0.2) is 11.6 Å². The van der Waals surface area contributed by atoms with E-state index in [2.05, 4.69) is 13.8 Å². The van der Waals surface area contributed by atoms with Gasteiger partial charge in [-0.15, -0.1) is 0 Å². The molecule has 0 aromatic carbocycles. The number of hydrogen-bond donors (Lipinski definition) is 0. The topological polar surface area (TPSA) is 34.1 Å². The summed E-state index contributed by atoms with van der Waals surface area (Å²) in [7, 11) is 0. The van der Waals surface area contributed by atoms with Crippen LogP contribution in [0.1, 0.15) is 60.3 Å². The molecule has 15 heavy (non-hydrogen) atoms. The Balaban J connectivity index is 0.000000288. The minimum atomic E-state index is 0.288. The highest BCUT2D eigenvalue weighted by atomic mass is 16.1. The van der Waals surface area contributed by atoms with E-state index in [1.165, 1.54) is 0 Å². The molecule has 1 fully saturated rings. The van der Waals surface area contributed by atoms with Gasteiger partial charge < -0.3 is 4.79 Å². The van der Waals surface area contributed by atoms with Crippen molar-refractivity contribution < 1.29 is 9.59 Å². The van der Waals surface area contributed by atoms with Crippen molar-refractivity contribution in [2.45, 2.75) is 60.3 Å². The number of ketones is 2. The minimum absolute atomic E-state index is 0.288. The Labute approximate surface area is 93.4 Å². The number of Topliss-reactive ketones (excluding diaryl/α,β-unsaturated/α-hetero) is 2. The second-order valence-corrected chi connectivity index (χ2v) is 5.36. The Kier molecular flexibility index (Phi) is 5.77. The van der Waals surface area contributed by atoms with Gasteiger partial charge in [0.15, 0.2) is 0 Å². The highest BCUT2D eigenvalue weighted by molar-refractivity contribution is 5.83. The Morgan fingerprint density at radius 3 is 2.07 bits per heavy atom. The monoisotopic (exact) mass is 212 g/mol. The summed E-state index contributed by atoms with van der Waals surface area (Å²) in [5.41, 5.74) is 0.288. The van der Waals surface area contributed by atoms with Crippen LogP contribution in [0.2, 0.25) is 0 Å². The Morgan fingerprint density at radius 1 is 1.47 bits per heavy atom. The standard InChI is InChI=1S/C8H14O.C5H10O/c1-6-4-8(2,3)5-7(6)9;1-3-4-5(2)6/h6H,4-5H2,1-3H3;3-4H2,1-2H3. The van der Waals surface area contributed by atoms with Gasteiger partial charge in [-0.2, -0.15) is 0 Å². The van der Waals surface area contributed by atoms with Crippen molar-refractivity contribution in [3.8, 4) is 0 Å². The lowest BCUT2D eigenvalue weighted by Crippen LogP contribution is -2.04. The molecule has 2 heteroatoms. The third kappa shape index (κ3) is 6.43. The third-order valence-electron chi connectivity index (χ3n) is 2.66. The van der Waals surface area contributed by atoms with Crippen LogP contribution in [0.25, 0.3) is 0 Å². The second-order valence-electron chi connectivity index (χ2n) is 5.36. The van der Waals surface area contributed by atoms with Gasteiger partial charge in [-0.1, -0.05) is 27.7 Å². The van der Waals surface area contributed by atoms with Crippen molar-refractivity contribution in [3.05, 3.63) is 0 Å². The molecule has 88 valence electrons. The second kappa shape index (κ2) is 6.04. The summed E-state index contributed by atoms with van der Waals surface area (Å²) in [5, 5.41) is 0. The number of carbonyl (C=O) groups is 2. The average molecular weight is 212 g/mol. The van der Waals surface area contributed by atoms with Crippen molar-refractivity contribution in [3.63, 3.8) is 0 Å². The molecule has 0 bridgehead atoms. The summed E-state index contributed by atoms with van der Waals surface area (Å²) in [4.78, 5) is 21.0. The molecule has 0 spiro atoms. The van der Waals surface area contributed by atoms with E-state index in [4.69, 9.17) is 0 Å². The van der Waals surface area contributed by atoms with E-state index in [1.54, 1.807) is 6.92 Å². The molecule has 0 aromatic heterocycles. The Morgan fingerprint density at radius 2 is 2.00 bits per heavy atom. The van der Waals surface area contributed by atoms with Crippen molar-refractivity contribution in [1.29, 1.82) is 0 Å². The third-order valence-corrected chi connectivity index (χ3v) is 2.66. The molecule has 0 heterocycles. The molecular formula is C13H24O2. The van der Waals surface area contributed by atoms with E-state index in [9.17, 15) is 9.59 Å². The fourth-order valence-electron chi connectivity index (χ4n) is 2.01. The van der Waals surface area contributed by atoms with Gasteiger partial charge in [0.05, 0.1) is 0 Å². The van der Waals surface area contributed by atoms with E-state index in [0.29, 0.717) is 11.7 Å². The van der Waals surface area contributed by atoms with Gasteiger partial charge in [0.2, 0.25) is 0 Å². The molecule has 0 N–H and O–H groups in total. The maximum Gasteiger partial charge on any atom is 0.136 e. The van der Waals surface area contributed by atoms with Crippen LogP contribution in [0, 0.1) is 11.3 Å². The normalized spacial score (nSPS) is 23.3. The van der Waals surface area contributed by atoms with Crippen molar-refractivity contribution in [1.82, 2.24) is 0 Å². The molecule has 0 aromatic rings. The lowest BCUT2D eigenvalue weighted by atomic mass is 9.91. The molecule has 1 rings (SSSR count). The number of hydrogen-bond acceptors (Lipinski definition) is 2. The molecule has 1 aliphatic rings. The van der Waals surface area contributed by atoms with Gasteiger partial charge in [-0.3, -0.25) is 4.79 Å². The van der Waals surface area contributed by atoms with Gasteiger partial charge >= 0.3 is 0 Å². The summed E-state index contributed by atoms with van der Waals surface area (Å²) in [6.07, 6.45) is 3.58. The lowest BCUT2D eigenvalue weighted by molar-refractivity contribution is -0.120. The summed E-state index contributed by atoms with van der Waals surface area (Å²) in [5.74, 6) is 1.05. The summed E-state index contributed by atoms with van der Waals surface area (Å²) in [6, 6.07) is 0. The Bertz CT molecular complexity index is 229. The minimum Gasteiger partial charge on any atom is -0.300 e. The predicted octanol–water partition coefficient (Wildman–Crippen LogP) is 3.39. The fourth-order valence-corrected chi connectivity index (χ4v) is 2.01. The molecule has 1 aliphatic carbocycles. The van der Waals surface area contributed by atoms with Crippen LogP contribution in [0.3, 0.4) is 0 Å². The van der Waals surface area contributed by atoms with E-state index in [1.807, 2.05) is 13.8 Å². The van der Waals surface area contributed by atoms with Crippen LogP contribution >= 0.6 is 0 Å². The first-order valence-corrected chi connectivity index (χ1v) is 5.80. The molecule has 0 aliphatic heterocycles. The Hall–Kier alpha value is -0.660. The zero-order valence-electron chi connectivity index (χ0n) is 10.7. The van der Waals surface area contributed by atoms with Gasteiger partial charge in [-0.05, 0) is 25.2 Å². The van der Waals surface area contributed by atoms with E-state index >= 15 is 0 Å². The molecule has 0 amide bonds. The zero-order chi connectivity index (χ0) is 12.1. The van der Waals surface area contributed by atoms with Crippen LogP contribution in [0.4, 0.5) is 0 Å². The summed E-state index contributed by atoms with van der Waals surface area (Å²) >= 11 is 0. The maximum atomic E-state index is 11.0. The molecule has 1 atom stereocenters. The molecule has 2 nitrogen and oxygen atoms in total. The molecule has 1 unspecified atom stereocenters. The van der Waals surface area contributed by atoms with Crippen LogP contribution in [0.15, 0.2) is 0 Å². The predicted molar refractivity (Wildman–Crippen MR) is 62.8 cm³/mol. The van der Waals surface area contributed by atoms with Crippen molar-refractivity contribution in [2.75, 3.05) is 0 Å². The van der Waals surface area contributed by atoms with Gasteiger partial charge in [0, 0.05) is 18.8 Å². The highest BCUT2D eigenvalue weighted by Crippen LogP contribution is 2.37. The number of carbonyl (C=O) groups excluding carboxylic acids is 2. The van der Waals surface area contributed by atoms with Gasteiger partial charge in [-0.25, -0.2) is 0 Å². The first-order chi connectivity index (χ1) is 6.78. The summed E-state index contributed by atoms with van der Waals surface area (Å²) < 4.78 is 0. The fraction of sp³-hybridized carbons (Fsp3) is 0.846. The van der Waals surface area contributed by atoms with E-state index in [-0.39, 0.29) is 11.2 Å². The quantitative estimate of drug-likeness (QED) is 0.703. The molecule has 0 saturated heterocycles. The average Bonchev–Trinajstić information content (AvgIpc) is 2.24. The SMILES string of the molecule is CC1CC(C)(C)CC1=O.CCCC(C)=O. The van der Waals surface area contributed by atoms with E-state index < -0.39 is 0 Å². The van der Waals surface area contributed by atoms with Gasteiger partial charge in [0.1, 0.15) is 11.6 Å². The zero-order valence-corrected chi connectivity index (χ0v) is 10.7. The number of rotatable bonds is 2. The van der Waals surface area contributed by atoms with Crippen molar-refractivity contribution >= 4 is 11.6 Å². The first-order valence-electron chi connectivity index (χ1n) is 5.80. The molecular weight excluding hydrogens is 188 g/mol. The van der Waals surface area contributed by atoms with Gasteiger partial charge in [0.25, 0.3) is 0 Å². The summed E-state index contributed by atoms with van der Waals surface area (Å²) in [6.45, 7) is 9.96. The van der Waals surface area contributed by atoms with Crippen LogP contribution < -0.4 is 0 Å². The molecule has 1 saturated carbocycles. The molecule has 0 radical (unpaired) electrons.